The second kappa shape index (κ2) is 9.60. The third-order valence-corrected chi connectivity index (χ3v) is 4.67. The Morgan fingerprint density at radius 3 is 2.72 bits per heavy atom. The van der Waals surface area contributed by atoms with Crippen molar-refractivity contribution >= 4 is 29.4 Å². The zero-order chi connectivity index (χ0) is 20.6. The summed E-state index contributed by atoms with van der Waals surface area (Å²) < 4.78 is 12.2. The molecule has 2 heterocycles. The molecular formula is C19H19N5O4S. The number of aromatic nitrogens is 3. The van der Waals surface area contributed by atoms with Gasteiger partial charge < -0.3 is 14.5 Å². The number of furan rings is 1. The molecule has 0 radical (unpaired) electrons. The first-order valence-corrected chi connectivity index (χ1v) is 9.55. The van der Waals surface area contributed by atoms with Crippen LogP contribution in [0.25, 0.3) is 11.6 Å². The molecule has 0 aliphatic rings. The van der Waals surface area contributed by atoms with Crippen molar-refractivity contribution in [3.63, 3.8) is 0 Å². The highest BCUT2D eigenvalue weighted by atomic mass is 32.2. The Hall–Kier alpha value is -3.53. The number of urea groups is 1. The van der Waals surface area contributed by atoms with Crippen molar-refractivity contribution in [2.45, 2.75) is 11.7 Å². The molecule has 0 fully saturated rings. The molecule has 2 aromatic heterocycles. The Labute approximate surface area is 171 Å². The summed E-state index contributed by atoms with van der Waals surface area (Å²) in [4.78, 5) is 24.1. The summed E-state index contributed by atoms with van der Waals surface area (Å²) in [5.41, 5.74) is 0.539. The Morgan fingerprint density at radius 2 is 2.07 bits per heavy atom. The minimum absolute atomic E-state index is 0.0105. The number of hydrogen-bond acceptors (Lipinski definition) is 7. The van der Waals surface area contributed by atoms with Gasteiger partial charge in [-0.2, -0.15) is 0 Å². The highest BCUT2D eigenvalue weighted by molar-refractivity contribution is 7.99. The van der Waals surface area contributed by atoms with Gasteiger partial charge in [0.15, 0.2) is 10.9 Å². The molecule has 0 unspecified atom stereocenters. The fourth-order valence-electron chi connectivity index (χ4n) is 2.41. The first-order valence-electron chi connectivity index (χ1n) is 8.56. The number of amides is 3. The average molecular weight is 413 g/mol. The Kier molecular flexibility index (Phi) is 6.69. The van der Waals surface area contributed by atoms with Gasteiger partial charge in [0, 0.05) is 12.2 Å². The second-order valence-corrected chi connectivity index (χ2v) is 6.64. The van der Waals surface area contributed by atoms with Crippen LogP contribution in [0.2, 0.25) is 0 Å². The highest BCUT2D eigenvalue weighted by Crippen LogP contribution is 2.24. The molecule has 2 N–H and O–H groups in total. The summed E-state index contributed by atoms with van der Waals surface area (Å²) in [5, 5.41) is 13.6. The number of nitrogens with one attached hydrogen (secondary N) is 2. The topological polar surface area (TPSA) is 111 Å². The first kappa shape index (κ1) is 20.2. The standard InChI is InChI=1S/C19H19N5O4S/c1-3-10-24-17(15-5-4-11-28-15)22-23-19(24)29-12-16(25)21-18(26)20-13-6-8-14(27-2)9-7-13/h3-9,11H,1,10,12H2,2H3,(H2,20,21,25,26). The fourth-order valence-corrected chi connectivity index (χ4v) is 3.15. The van der Waals surface area contributed by atoms with Crippen LogP contribution in [0, 0.1) is 0 Å². The van der Waals surface area contributed by atoms with Crippen molar-refractivity contribution in [1.29, 1.82) is 0 Å². The second-order valence-electron chi connectivity index (χ2n) is 5.70. The third kappa shape index (κ3) is 5.26. The van der Waals surface area contributed by atoms with Crippen molar-refractivity contribution in [1.82, 2.24) is 20.1 Å². The SMILES string of the molecule is C=CCn1c(SCC(=O)NC(=O)Nc2ccc(OC)cc2)nnc1-c1ccco1. The van der Waals surface area contributed by atoms with Crippen LogP contribution in [0.1, 0.15) is 0 Å². The van der Waals surface area contributed by atoms with Crippen molar-refractivity contribution in [2.75, 3.05) is 18.2 Å². The number of imide groups is 1. The van der Waals surface area contributed by atoms with Crippen molar-refractivity contribution in [3.05, 3.63) is 55.3 Å². The van der Waals surface area contributed by atoms with E-state index in [0.29, 0.717) is 34.7 Å². The molecule has 0 saturated carbocycles. The lowest BCUT2D eigenvalue weighted by atomic mass is 10.3. The lowest BCUT2D eigenvalue weighted by molar-refractivity contribution is -0.117. The maximum atomic E-state index is 12.1. The predicted octanol–water partition coefficient (Wildman–Crippen LogP) is 3.17. The number of hydrogen-bond donors (Lipinski definition) is 2. The maximum absolute atomic E-state index is 12.1. The predicted molar refractivity (Wildman–Crippen MR) is 109 cm³/mol. The molecule has 3 amide bonds. The smallest absolute Gasteiger partial charge is 0.325 e. The number of anilines is 1. The van der Waals surface area contributed by atoms with Crippen LogP contribution in [0.5, 0.6) is 5.75 Å². The van der Waals surface area contributed by atoms with Crippen LogP contribution in [0.4, 0.5) is 10.5 Å². The third-order valence-electron chi connectivity index (χ3n) is 3.70. The van der Waals surface area contributed by atoms with E-state index in [1.807, 2.05) is 0 Å². The molecule has 3 rings (SSSR count). The summed E-state index contributed by atoms with van der Waals surface area (Å²) >= 11 is 1.16. The van der Waals surface area contributed by atoms with Crippen LogP contribution in [-0.2, 0) is 11.3 Å². The maximum Gasteiger partial charge on any atom is 0.325 e. The Bertz CT molecular complexity index is 983. The summed E-state index contributed by atoms with van der Waals surface area (Å²) in [6.07, 6.45) is 3.24. The fraction of sp³-hybridized carbons (Fsp3) is 0.158. The lowest BCUT2D eigenvalue weighted by Crippen LogP contribution is -2.35. The summed E-state index contributed by atoms with van der Waals surface area (Å²) in [6, 6.07) is 9.66. The first-order chi connectivity index (χ1) is 14.1. The number of rotatable bonds is 8. The minimum atomic E-state index is -0.621. The normalized spacial score (nSPS) is 10.4. The molecule has 0 aliphatic carbocycles. The summed E-state index contributed by atoms with van der Waals surface area (Å²) in [7, 11) is 1.55. The van der Waals surface area contributed by atoms with E-state index in [-0.39, 0.29) is 5.75 Å². The van der Waals surface area contributed by atoms with Gasteiger partial charge >= 0.3 is 6.03 Å². The van der Waals surface area contributed by atoms with E-state index in [2.05, 4.69) is 27.4 Å². The van der Waals surface area contributed by atoms with Gasteiger partial charge in [-0.25, -0.2) is 4.79 Å². The highest BCUT2D eigenvalue weighted by Gasteiger charge is 2.17. The van der Waals surface area contributed by atoms with Gasteiger partial charge in [0.05, 0.1) is 19.1 Å². The number of allylic oxidation sites excluding steroid dienone is 1. The zero-order valence-electron chi connectivity index (χ0n) is 15.6. The van der Waals surface area contributed by atoms with Gasteiger partial charge in [0.1, 0.15) is 5.75 Å². The van der Waals surface area contributed by atoms with Gasteiger partial charge in [0.25, 0.3) is 0 Å². The average Bonchev–Trinajstić information content (AvgIpc) is 3.37. The van der Waals surface area contributed by atoms with E-state index >= 15 is 0 Å². The number of carbonyl (C=O) groups is 2. The number of thioether (sulfide) groups is 1. The quantitative estimate of drug-likeness (QED) is 0.431. The van der Waals surface area contributed by atoms with Crippen molar-refractivity contribution in [2.24, 2.45) is 0 Å². The van der Waals surface area contributed by atoms with E-state index in [1.165, 1.54) is 0 Å². The molecule has 0 aliphatic heterocycles. The van der Waals surface area contributed by atoms with Gasteiger partial charge in [-0.05, 0) is 36.4 Å². The van der Waals surface area contributed by atoms with Crippen molar-refractivity contribution in [3.8, 4) is 17.3 Å². The number of benzene rings is 1. The van der Waals surface area contributed by atoms with Gasteiger partial charge in [-0.3, -0.25) is 14.7 Å². The molecule has 3 aromatic rings. The minimum Gasteiger partial charge on any atom is -0.497 e. The molecule has 1 aromatic carbocycles. The van der Waals surface area contributed by atoms with Gasteiger partial charge in [0.2, 0.25) is 11.7 Å². The molecule has 0 spiro atoms. The molecule has 0 bridgehead atoms. The Morgan fingerprint density at radius 1 is 1.28 bits per heavy atom. The van der Waals surface area contributed by atoms with E-state index in [0.717, 1.165) is 11.8 Å². The zero-order valence-corrected chi connectivity index (χ0v) is 16.4. The molecule has 29 heavy (non-hydrogen) atoms. The van der Waals surface area contributed by atoms with Crippen LogP contribution < -0.4 is 15.4 Å². The number of ether oxygens (including phenoxy) is 1. The summed E-state index contributed by atoms with van der Waals surface area (Å²) in [5.74, 6) is 1.29. The molecular weight excluding hydrogens is 394 g/mol. The Balaban J connectivity index is 1.56. The van der Waals surface area contributed by atoms with Crippen LogP contribution in [-0.4, -0.2) is 39.6 Å². The van der Waals surface area contributed by atoms with Crippen LogP contribution in [0.15, 0.2) is 64.9 Å². The van der Waals surface area contributed by atoms with Crippen LogP contribution in [0.3, 0.4) is 0 Å². The number of methoxy groups -OCH3 is 1. The summed E-state index contributed by atoms with van der Waals surface area (Å²) in [6.45, 7) is 4.18. The largest absolute Gasteiger partial charge is 0.497 e. The van der Waals surface area contributed by atoms with E-state index in [9.17, 15) is 9.59 Å². The molecule has 10 heteroatoms. The van der Waals surface area contributed by atoms with E-state index in [4.69, 9.17) is 9.15 Å². The molecule has 150 valence electrons. The van der Waals surface area contributed by atoms with Crippen molar-refractivity contribution < 1.29 is 18.7 Å². The van der Waals surface area contributed by atoms with E-state index < -0.39 is 11.9 Å². The monoisotopic (exact) mass is 413 g/mol. The lowest BCUT2D eigenvalue weighted by Gasteiger charge is -2.08. The molecule has 9 nitrogen and oxygen atoms in total. The van der Waals surface area contributed by atoms with Crippen LogP contribution >= 0.6 is 11.8 Å². The number of nitrogens with zero attached hydrogens (tertiary/aromatic N) is 3. The number of carbonyl (C=O) groups excluding carboxylic acids is 2. The van der Waals surface area contributed by atoms with Gasteiger partial charge in [-0.15, -0.1) is 16.8 Å². The van der Waals surface area contributed by atoms with Gasteiger partial charge in [-0.1, -0.05) is 17.8 Å². The van der Waals surface area contributed by atoms with E-state index in [1.54, 1.807) is 60.4 Å². The molecule has 0 atom stereocenters. The molecule has 0 saturated heterocycles.